The van der Waals surface area contributed by atoms with Crippen LogP contribution in [0.4, 0.5) is 5.13 Å². The quantitative estimate of drug-likeness (QED) is 0.0340. The van der Waals surface area contributed by atoms with Crippen molar-refractivity contribution in [1.29, 1.82) is 0 Å². The van der Waals surface area contributed by atoms with Gasteiger partial charge in [0.1, 0.15) is 23.5 Å². The summed E-state index contributed by atoms with van der Waals surface area (Å²) in [6.45, 7) is 21.9. The molecule has 2 aliphatic heterocycles. The van der Waals surface area contributed by atoms with Gasteiger partial charge in [0.15, 0.2) is 16.3 Å². The number of likely N-dealkylation sites (tertiary alicyclic amines) is 1. The second kappa shape index (κ2) is 48.9. The fourth-order valence-electron chi connectivity index (χ4n) is 7.89. The highest BCUT2D eigenvalue weighted by Crippen LogP contribution is 2.28. The number of nitrogens with zero attached hydrogens (tertiary/aromatic N) is 5. The van der Waals surface area contributed by atoms with Gasteiger partial charge >= 0.3 is 0 Å². The van der Waals surface area contributed by atoms with Gasteiger partial charge in [-0.2, -0.15) is 0 Å². The molecule has 1 saturated heterocycles. The Morgan fingerprint density at radius 3 is 2.11 bits per heavy atom. The number of fused-ring (bicyclic) bond motifs is 1. The third-order valence-corrected chi connectivity index (χ3v) is 14.1. The number of rotatable bonds is 21. The number of nitrogens with one attached hydrogen (secondary N) is 4. The Morgan fingerprint density at radius 2 is 1.63 bits per heavy atom. The number of carboxylic acids is 1. The fraction of sp³-hybridized carbons (Fsp3) is 0.672. The van der Waals surface area contributed by atoms with Gasteiger partial charge in [0.25, 0.3) is 5.97 Å². The molecule has 5 N–H and O–H groups in total. The number of aliphatic carboxylic acids is 1. The van der Waals surface area contributed by atoms with E-state index in [1.54, 1.807) is 29.9 Å². The molecule has 0 spiro atoms. The van der Waals surface area contributed by atoms with Crippen molar-refractivity contribution in [3.63, 3.8) is 0 Å². The van der Waals surface area contributed by atoms with Crippen LogP contribution in [0.1, 0.15) is 139 Å². The zero-order valence-corrected chi connectivity index (χ0v) is 51.7. The highest BCUT2D eigenvalue weighted by atomic mass is 32.2. The molecular formula is C58H105N9O7S2. The van der Waals surface area contributed by atoms with E-state index in [1.807, 2.05) is 83.1 Å². The zero-order valence-electron chi connectivity index (χ0n) is 50.0. The lowest BCUT2D eigenvalue weighted by Crippen LogP contribution is -2.45. The number of terminal acetylenes is 1. The number of aliphatic imine (C=N–C) groups is 1. The minimum atomic E-state index is -1.02. The lowest BCUT2D eigenvalue weighted by molar-refractivity contribution is -0.134. The maximum Gasteiger partial charge on any atom is 0.300 e. The van der Waals surface area contributed by atoms with Gasteiger partial charge in [0, 0.05) is 76.3 Å². The number of carbonyl (C=O) groups is 3. The number of likely N-dealkylation sites (N-methyl/N-ethyl adjacent to an activating group) is 2. The van der Waals surface area contributed by atoms with Crippen molar-refractivity contribution >= 4 is 52.0 Å². The van der Waals surface area contributed by atoms with Crippen LogP contribution in [-0.4, -0.2) is 159 Å². The number of allylic oxidation sites excluding steroid dienone is 4. The number of aromatic nitrogens is 1. The summed E-state index contributed by atoms with van der Waals surface area (Å²) in [6, 6.07) is 1.27. The van der Waals surface area contributed by atoms with E-state index in [-0.39, 0.29) is 12.6 Å². The highest BCUT2D eigenvalue weighted by molar-refractivity contribution is 7.80. The standard InChI is InChI=1S/C18H21N3O2S.C12H27N3OS.C12H25N.C7H15N.C3H5NO2.C2H4O2.C2H6.C2H2/c1-11(2)19-18-21-16(10-24-18)15-9-17(23-4)12-5-6-14(22-3)8-13(7-12)20-15;1-13-12(11-8-6-5-7-9-11)10-15(4)17(16)14(2)3;1-5-6-7-8-9-10-11(2)12(3)13-4;1-7-4-3-5-8(2)6-7;5-2-1-4-3-6;1-2(3)4;2*1-2/h5-11,13H,1-4H3,(H,19,21);11-13H,5-10H2,1-4H3;9-13H,5-8H2,1-4H3;7H,3-6H2,1-2H3;2-3H,1H2,(H,4,6);1H3,(H,3,4);1-2H3;1-2H/b;;10-9-;;;;;/t;;;7-;;;;/m...1..../s1. The van der Waals surface area contributed by atoms with E-state index in [0.29, 0.717) is 36.7 Å². The van der Waals surface area contributed by atoms with E-state index in [9.17, 15) is 13.8 Å². The molecule has 0 aromatic carbocycles. The molecule has 1 saturated carbocycles. The second-order valence-electron chi connectivity index (χ2n) is 19.0. The van der Waals surface area contributed by atoms with Crippen molar-refractivity contribution in [1.82, 2.24) is 34.4 Å². The highest BCUT2D eigenvalue weighted by Gasteiger charge is 2.25. The molecule has 3 heterocycles. The van der Waals surface area contributed by atoms with E-state index in [2.05, 4.69) is 111 Å². The summed E-state index contributed by atoms with van der Waals surface area (Å²) in [5.41, 5.74) is 2.63. The molecule has 1 amide bonds. The normalized spacial score (nSPS) is 18.3. The lowest BCUT2D eigenvalue weighted by atomic mass is 9.84. The van der Waals surface area contributed by atoms with E-state index >= 15 is 0 Å². The van der Waals surface area contributed by atoms with Crippen LogP contribution in [0.15, 0.2) is 70.0 Å². The number of piperidine rings is 1. The first-order valence-corrected chi connectivity index (χ1v) is 29.1. The van der Waals surface area contributed by atoms with Crippen molar-refractivity contribution < 1.29 is 33.2 Å². The Morgan fingerprint density at radius 1 is 0.987 bits per heavy atom. The Kier molecular flexibility index (Phi) is 48.7. The number of anilines is 1. The van der Waals surface area contributed by atoms with Crippen LogP contribution in [-0.2, 0) is 35.0 Å². The monoisotopic (exact) mass is 1100 g/mol. The van der Waals surface area contributed by atoms with Crippen molar-refractivity contribution in [2.24, 2.45) is 22.7 Å². The number of amides is 1. The maximum atomic E-state index is 11.9. The maximum absolute atomic E-state index is 11.9. The molecule has 2 fully saturated rings. The van der Waals surface area contributed by atoms with Crippen LogP contribution in [0.3, 0.4) is 0 Å². The summed E-state index contributed by atoms with van der Waals surface area (Å²) in [5.74, 6) is 3.05. The third-order valence-electron chi connectivity index (χ3n) is 12.0. The van der Waals surface area contributed by atoms with E-state index in [4.69, 9.17) is 24.4 Å². The summed E-state index contributed by atoms with van der Waals surface area (Å²) in [6.07, 6.45) is 38.5. The minimum absolute atomic E-state index is 0.115. The number of methoxy groups -OCH3 is 2. The summed E-state index contributed by atoms with van der Waals surface area (Å²) in [5, 5.41) is 22.5. The molecule has 6 atom stereocenters. The molecule has 0 radical (unpaired) electrons. The summed E-state index contributed by atoms with van der Waals surface area (Å²) < 4.78 is 26.5. The SMILES string of the molecule is C#C.CC.CC(=O)O.CCCCC/C=C\C(C)C(C)NC.CNC(CN(C)S(=O)N(C)C)C1CCCCC1.COC1=CC2C=C(C=C1)C(OC)=CC(c1csc(NC(C)C)n1)=N2.C[C@@H]1CCCN(C)C1.O=CCNC=O. The molecule has 4 aliphatic rings. The smallest absolute Gasteiger partial charge is 0.300 e. The van der Waals surface area contributed by atoms with Crippen LogP contribution in [0, 0.1) is 30.6 Å². The molecule has 18 heteroatoms. The predicted molar refractivity (Wildman–Crippen MR) is 324 cm³/mol. The van der Waals surface area contributed by atoms with Gasteiger partial charge in [0.2, 0.25) is 6.41 Å². The molecule has 5 unspecified atom stereocenters. The van der Waals surface area contributed by atoms with E-state index in [1.165, 1.54) is 83.7 Å². The number of unbranched alkanes of at least 4 members (excludes halogenated alkanes) is 3. The first-order chi connectivity index (χ1) is 36.3. The topological polar surface area (TPSA) is 190 Å². The minimum Gasteiger partial charge on any atom is -0.497 e. The average molecular weight is 1100 g/mol. The van der Waals surface area contributed by atoms with Crippen LogP contribution < -0.4 is 21.3 Å². The fourth-order valence-corrected chi connectivity index (χ4v) is 9.59. The van der Waals surface area contributed by atoms with Gasteiger partial charge in [-0.15, -0.1) is 24.2 Å². The first-order valence-electron chi connectivity index (χ1n) is 27.2. The predicted octanol–water partition coefficient (Wildman–Crippen LogP) is 9.93. The Bertz CT molecular complexity index is 1870. The summed E-state index contributed by atoms with van der Waals surface area (Å²) in [4.78, 5) is 39.5. The number of thiazole rings is 1. The molecule has 2 aliphatic carbocycles. The van der Waals surface area contributed by atoms with Gasteiger partial charge in [-0.3, -0.25) is 14.6 Å². The van der Waals surface area contributed by atoms with Crippen LogP contribution in [0.25, 0.3) is 0 Å². The molecule has 76 heavy (non-hydrogen) atoms. The van der Waals surface area contributed by atoms with Crippen molar-refractivity contribution in [2.45, 2.75) is 157 Å². The number of hydrogen-bond acceptors (Lipinski definition) is 13. The number of carboxylic acid groups (broad SMARTS) is 1. The van der Waals surface area contributed by atoms with Crippen molar-refractivity contribution in [3.05, 3.63) is 70.7 Å². The molecule has 16 nitrogen and oxygen atoms in total. The van der Waals surface area contributed by atoms with Crippen molar-refractivity contribution in [3.8, 4) is 12.8 Å². The lowest BCUT2D eigenvalue weighted by Gasteiger charge is -2.33. The zero-order chi connectivity index (χ0) is 58.4. The molecule has 5 rings (SSSR count). The number of carbonyl (C=O) groups excluding carboxylic acids is 2. The average Bonchev–Trinajstić information content (AvgIpc) is 3.67. The van der Waals surface area contributed by atoms with Gasteiger partial charge < -0.3 is 45.5 Å². The largest absolute Gasteiger partial charge is 0.497 e. The molecule has 2 bridgehead atoms. The summed E-state index contributed by atoms with van der Waals surface area (Å²) in [7, 11) is 15.2. The van der Waals surface area contributed by atoms with E-state index < -0.39 is 17.1 Å². The van der Waals surface area contributed by atoms with Gasteiger partial charge in [-0.1, -0.05) is 78.9 Å². The Labute approximate surface area is 468 Å². The molecule has 436 valence electrons. The van der Waals surface area contributed by atoms with Crippen molar-refractivity contribution in [2.75, 3.05) is 88.0 Å². The third kappa shape index (κ3) is 37.3. The first kappa shape index (κ1) is 75.8. The van der Waals surface area contributed by atoms with Crippen LogP contribution in [0.2, 0.25) is 0 Å². The van der Waals surface area contributed by atoms with Gasteiger partial charge in [0.05, 0.1) is 32.5 Å². The van der Waals surface area contributed by atoms with E-state index in [0.717, 1.165) is 58.9 Å². The van der Waals surface area contributed by atoms with Gasteiger partial charge in [-0.25, -0.2) is 17.8 Å². The number of aldehydes is 1. The van der Waals surface area contributed by atoms with Crippen LogP contribution >= 0.6 is 11.3 Å². The summed E-state index contributed by atoms with van der Waals surface area (Å²) >= 11 is 0.561. The molecule has 1 aromatic heterocycles. The Hall–Kier alpha value is -4.48. The van der Waals surface area contributed by atoms with Crippen LogP contribution in [0.5, 0.6) is 0 Å². The number of ether oxygens (including phenoxy) is 2. The van der Waals surface area contributed by atoms with Gasteiger partial charge in [-0.05, 0) is 129 Å². The Balaban J connectivity index is -0.000000903. The number of hydrogen-bond donors (Lipinski definition) is 5. The molecular weight excluding hydrogens is 999 g/mol. The molecule has 1 aromatic rings. The second-order valence-corrected chi connectivity index (χ2v) is 21.7.